The number of carbonyl (C=O) groups is 1. The maximum atomic E-state index is 12.0. The Balaban J connectivity index is 1.95. The summed E-state index contributed by atoms with van der Waals surface area (Å²) in [5.74, 6) is 1.37. The van der Waals surface area contributed by atoms with Crippen molar-refractivity contribution in [1.82, 2.24) is 0 Å². The predicted molar refractivity (Wildman–Crippen MR) is 87.7 cm³/mol. The molecule has 0 saturated heterocycles. The minimum atomic E-state index is 0.00378. The van der Waals surface area contributed by atoms with Crippen molar-refractivity contribution in [3.05, 3.63) is 53.6 Å². The molecule has 0 radical (unpaired) electrons. The van der Waals surface area contributed by atoms with Gasteiger partial charge in [0.1, 0.15) is 0 Å². The van der Waals surface area contributed by atoms with E-state index in [9.17, 15) is 4.79 Å². The summed E-state index contributed by atoms with van der Waals surface area (Å²) in [5.41, 5.74) is 2.96. The molecule has 0 aliphatic heterocycles. The number of hydrogen-bond acceptors (Lipinski definition) is 3. The summed E-state index contributed by atoms with van der Waals surface area (Å²) in [6.45, 7) is 1.98. The van der Waals surface area contributed by atoms with E-state index in [1.54, 1.807) is 14.2 Å². The van der Waals surface area contributed by atoms with Gasteiger partial charge in [-0.1, -0.05) is 24.3 Å². The second kappa shape index (κ2) is 7.50. The number of amides is 1. The molecular formula is C18H21NO3. The Bertz CT molecular complexity index is 653. The Morgan fingerprint density at radius 2 is 1.77 bits per heavy atom. The minimum Gasteiger partial charge on any atom is -0.493 e. The van der Waals surface area contributed by atoms with Crippen molar-refractivity contribution in [3.8, 4) is 11.5 Å². The molecule has 2 aromatic rings. The normalized spacial score (nSPS) is 10.1. The van der Waals surface area contributed by atoms with Crippen molar-refractivity contribution in [3.63, 3.8) is 0 Å². The molecule has 2 rings (SSSR count). The molecule has 116 valence electrons. The van der Waals surface area contributed by atoms with Gasteiger partial charge in [-0.25, -0.2) is 0 Å². The van der Waals surface area contributed by atoms with Crippen LogP contribution in [0.3, 0.4) is 0 Å². The number of methoxy groups -OCH3 is 2. The highest BCUT2D eigenvalue weighted by atomic mass is 16.5. The van der Waals surface area contributed by atoms with Crippen LogP contribution in [0.25, 0.3) is 0 Å². The van der Waals surface area contributed by atoms with E-state index in [0.717, 1.165) is 16.8 Å². The number of nitrogens with one attached hydrogen (secondary N) is 1. The van der Waals surface area contributed by atoms with Gasteiger partial charge in [-0.05, 0) is 42.7 Å². The number of anilines is 1. The molecule has 4 nitrogen and oxygen atoms in total. The second-order valence-corrected chi connectivity index (χ2v) is 5.05. The summed E-state index contributed by atoms with van der Waals surface area (Å²) in [4.78, 5) is 12.0. The van der Waals surface area contributed by atoms with Crippen LogP contribution >= 0.6 is 0 Å². The number of aryl methyl sites for hydroxylation is 2. The third-order valence-electron chi connectivity index (χ3n) is 3.51. The first kappa shape index (κ1) is 15.9. The SMILES string of the molecule is COc1ccc(CCC(=O)Nc2ccccc2C)cc1OC. The Morgan fingerprint density at radius 3 is 2.45 bits per heavy atom. The van der Waals surface area contributed by atoms with E-state index in [2.05, 4.69) is 5.32 Å². The first-order valence-corrected chi connectivity index (χ1v) is 7.20. The molecule has 22 heavy (non-hydrogen) atoms. The molecule has 0 aromatic heterocycles. The third kappa shape index (κ3) is 4.01. The van der Waals surface area contributed by atoms with E-state index in [1.807, 2.05) is 49.4 Å². The standard InChI is InChI=1S/C18H21NO3/c1-13-6-4-5-7-15(13)19-18(20)11-9-14-8-10-16(21-2)17(12-14)22-3/h4-8,10,12H,9,11H2,1-3H3,(H,19,20). The molecule has 0 aliphatic carbocycles. The number of para-hydroxylation sites is 1. The highest BCUT2D eigenvalue weighted by molar-refractivity contribution is 5.91. The van der Waals surface area contributed by atoms with Gasteiger partial charge < -0.3 is 14.8 Å². The summed E-state index contributed by atoms with van der Waals surface area (Å²) in [6.07, 6.45) is 1.07. The summed E-state index contributed by atoms with van der Waals surface area (Å²) < 4.78 is 10.5. The van der Waals surface area contributed by atoms with Gasteiger partial charge in [0.05, 0.1) is 14.2 Å². The Labute approximate surface area is 131 Å². The van der Waals surface area contributed by atoms with E-state index in [1.165, 1.54) is 0 Å². The Hall–Kier alpha value is -2.49. The fraction of sp³-hybridized carbons (Fsp3) is 0.278. The molecule has 0 atom stereocenters. The molecule has 4 heteroatoms. The smallest absolute Gasteiger partial charge is 0.224 e. The minimum absolute atomic E-state index is 0.00378. The lowest BCUT2D eigenvalue weighted by Crippen LogP contribution is -2.13. The van der Waals surface area contributed by atoms with Crippen LogP contribution in [0.15, 0.2) is 42.5 Å². The second-order valence-electron chi connectivity index (χ2n) is 5.05. The zero-order chi connectivity index (χ0) is 15.9. The molecule has 1 N–H and O–H groups in total. The van der Waals surface area contributed by atoms with E-state index in [-0.39, 0.29) is 5.91 Å². The third-order valence-corrected chi connectivity index (χ3v) is 3.51. The lowest BCUT2D eigenvalue weighted by atomic mass is 10.1. The fourth-order valence-electron chi connectivity index (χ4n) is 2.22. The van der Waals surface area contributed by atoms with Gasteiger partial charge in [-0.15, -0.1) is 0 Å². The van der Waals surface area contributed by atoms with Gasteiger partial charge in [0.15, 0.2) is 11.5 Å². The van der Waals surface area contributed by atoms with E-state index >= 15 is 0 Å². The first-order chi connectivity index (χ1) is 10.6. The zero-order valence-electron chi connectivity index (χ0n) is 13.2. The zero-order valence-corrected chi connectivity index (χ0v) is 13.2. The number of rotatable bonds is 6. The molecule has 0 unspecified atom stereocenters. The molecular weight excluding hydrogens is 278 g/mol. The average Bonchev–Trinajstić information content (AvgIpc) is 2.54. The van der Waals surface area contributed by atoms with Crippen molar-refractivity contribution >= 4 is 11.6 Å². The molecule has 2 aromatic carbocycles. The van der Waals surface area contributed by atoms with Crippen LogP contribution in [-0.4, -0.2) is 20.1 Å². The van der Waals surface area contributed by atoms with Crippen LogP contribution in [0.5, 0.6) is 11.5 Å². The van der Waals surface area contributed by atoms with Crippen molar-refractivity contribution in [1.29, 1.82) is 0 Å². The maximum absolute atomic E-state index is 12.0. The predicted octanol–water partition coefficient (Wildman–Crippen LogP) is 3.58. The number of benzene rings is 2. The number of hydrogen-bond donors (Lipinski definition) is 1. The van der Waals surface area contributed by atoms with E-state index < -0.39 is 0 Å². The first-order valence-electron chi connectivity index (χ1n) is 7.20. The summed E-state index contributed by atoms with van der Waals surface area (Å²) in [6, 6.07) is 13.5. The lowest BCUT2D eigenvalue weighted by molar-refractivity contribution is -0.116. The highest BCUT2D eigenvalue weighted by Crippen LogP contribution is 2.28. The van der Waals surface area contributed by atoms with Gasteiger partial charge >= 0.3 is 0 Å². The summed E-state index contributed by atoms with van der Waals surface area (Å²) >= 11 is 0. The van der Waals surface area contributed by atoms with Gasteiger partial charge in [-0.2, -0.15) is 0 Å². The molecule has 0 heterocycles. The summed E-state index contributed by atoms with van der Waals surface area (Å²) in [5, 5.41) is 2.94. The molecule has 0 saturated carbocycles. The monoisotopic (exact) mass is 299 g/mol. The van der Waals surface area contributed by atoms with Crippen LogP contribution in [0.1, 0.15) is 17.5 Å². The van der Waals surface area contributed by atoms with Crippen LogP contribution < -0.4 is 14.8 Å². The van der Waals surface area contributed by atoms with Crippen molar-refractivity contribution in [2.24, 2.45) is 0 Å². The van der Waals surface area contributed by atoms with Gasteiger partial charge in [-0.3, -0.25) is 4.79 Å². The van der Waals surface area contributed by atoms with Gasteiger partial charge in [0.25, 0.3) is 0 Å². The molecule has 0 aliphatic rings. The van der Waals surface area contributed by atoms with Crippen molar-refractivity contribution < 1.29 is 14.3 Å². The Kier molecular flexibility index (Phi) is 5.42. The quantitative estimate of drug-likeness (QED) is 0.887. The molecule has 0 bridgehead atoms. The van der Waals surface area contributed by atoms with Gasteiger partial charge in [0.2, 0.25) is 5.91 Å². The highest BCUT2D eigenvalue weighted by Gasteiger charge is 2.08. The van der Waals surface area contributed by atoms with E-state index in [4.69, 9.17) is 9.47 Å². The summed E-state index contributed by atoms with van der Waals surface area (Å²) in [7, 11) is 3.21. The topological polar surface area (TPSA) is 47.6 Å². The largest absolute Gasteiger partial charge is 0.493 e. The van der Waals surface area contributed by atoms with Crippen LogP contribution in [0.4, 0.5) is 5.69 Å². The van der Waals surface area contributed by atoms with E-state index in [0.29, 0.717) is 24.3 Å². The fourth-order valence-corrected chi connectivity index (χ4v) is 2.22. The number of carbonyl (C=O) groups excluding carboxylic acids is 1. The van der Waals surface area contributed by atoms with Crippen molar-refractivity contribution in [2.75, 3.05) is 19.5 Å². The molecule has 0 spiro atoms. The van der Waals surface area contributed by atoms with Crippen LogP contribution in [0.2, 0.25) is 0 Å². The maximum Gasteiger partial charge on any atom is 0.224 e. The lowest BCUT2D eigenvalue weighted by Gasteiger charge is -2.10. The molecule has 0 fully saturated rings. The average molecular weight is 299 g/mol. The Morgan fingerprint density at radius 1 is 1.05 bits per heavy atom. The van der Waals surface area contributed by atoms with Gasteiger partial charge in [0, 0.05) is 12.1 Å². The molecule has 1 amide bonds. The number of ether oxygens (including phenoxy) is 2. The van der Waals surface area contributed by atoms with Crippen LogP contribution in [0, 0.1) is 6.92 Å². The van der Waals surface area contributed by atoms with Crippen molar-refractivity contribution in [2.45, 2.75) is 19.8 Å². The van der Waals surface area contributed by atoms with Crippen LogP contribution in [-0.2, 0) is 11.2 Å².